The van der Waals surface area contributed by atoms with Gasteiger partial charge in [-0.2, -0.15) is 0 Å². The van der Waals surface area contributed by atoms with Gasteiger partial charge in [0.15, 0.2) is 0 Å². The second-order valence-electron chi connectivity index (χ2n) is 6.30. The Hall–Kier alpha value is -1.84. The molecule has 1 saturated carbocycles. The molecule has 0 aliphatic heterocycles. The molecular formula is C17H23NO3. The van der Waals surface area contributed by atoms with E-state index in [0.717, 1.165) is 24.8 Å². The van der Waals surface area contributed by atoms with Gasteiger partial charge in [0.2, 0.25) is 5.91 Å². The molecule has 2 N–H and O–H groups in total. The number of carbonyl (C=O) groups is 2. The molecule has 1 aromatic rings. The summed E-state index contributed by atoms with van der Waals surface area (Å²) in [5.41, 5.74) is 0.453. The zero-order valence-corrected chi connectivity index (χ0v) is 12.6. The number of hydrogen-bond acceptors (Lipinski definition) is 2. The van der Waals surface area contributed by atoms with Crippen molar-refractivity contribution in [3.63, 3.8) is 0 Å². The van der Waals surface area contributed by atoms with Crippen molar-refractivity contribution in [2.75, 3.05) is 0 Å². The number of rotatable bonds is 6. The van der Waals surface area contributed by atoms with Crippen LogP contribution in [0.4, 0.5) is 0 Å². The molecule has 4 nitrogen and oxygen atoms in total. The third kappa shape index (κ3) is 3.26. The number of benzene rings is 1. The molecule has 0 aromatic heterocycles. The summed E-state index contributed by atoms with van der Waals surface area (Å²) in [7, 11) is 0. The summed E-state index contributed by atoms with van der Waals surface area (Å²) < 4.78 is 0. The fourth-order valence-electron chi connectivity index (χ4n) is 2.92. The summed E-state index contributed by atoms with van der Waals surface area (Å²) in [6.45, 7) is 3.91. The fraction of sp³-hybridized carbons (Fsp3) is 0.529. The molecule has 0 bridgehead atoms. The fourth-order valence-corrected chi connectivity index (χ4v) is 2.92. The first-order valence-electron chi connectivity index (χ1n) is 7.55. The van der Waals surface area contributed by atoms with E-state index in [9.17, 15) is 14.7 Å². The maximum absolute atomic E-state index is 12.7. The van der Waals surface area contributed by atoms with Crippen molar-refractivity contribution in [2.24, 2.45) is 5.92 Å². The molecule has 114 valence electrons. The van der Waals surface area contributed by atoms with E-state index in [-0.39, 0.29) is 11.8 Å². The average molecular weight is 289 g/mol. The number of nitrogens with one attached hydrogen (secondary N) is 1. The van der Waals surface area contributed by atoms with Crippen molar-refractivity contribution < 1.29 is 14.7 Å². The highest BCUT2D eigenvalue weighted by Gasteiger charge is 2.46. The summed E-state index contributed by atoms with van der Waals surface area (Å²) in [4.78, 5) is 24.0. The Morgan fingerprint density at radius 1 is 1.24 bits per heavy atom. The largest absolute Gasteiger partial charge is 0.480 e. The molecule has 2 rings (SSSR count). The second-order valence-corrected chi connectivity index (χ2v) is 6.30. The summed E-state index contributed by atoms with van der Waals surface area (Å²) >= 11 is 0. The lowest BCUT2D eigenvalue weighted by molar-refractivity contribution is -0.144. The standard InChI is InChI=1S/C17H23NO3/c1-12(2)11-14(15(19)20)18-16(21)17(9-6-10-17)13-7-4-3-5-8-13/h3-5,7-8,12,14H,6,9-11H2,1-2H3,(H,18,21)(H,19,20)/t14-/m1/s1. The van der Waals surface area contributed by atoms with Gasteiger partial charge in [-0.1, -0.05) is 50.6 Å². The van der Waals surface area contributed by atoms with E-state index >= 15 is 0 Å². The molecule has 21 heavy (non-hydrogen) atoms. The van der Waals surface area contributed by atoms with Gasteiger partial charge in [0.25, 0.3) is 0 Å². The molecule has 0 unspecified atom stereocenters. The third-order valence-corrected chi connectivity index (χ3v) is 4.28. The van der Waals surface area contributed by atoms with Crippen molar-refractivity contribution in [3.8, 4) is 0 Å². The molecule has 0 saturated heterocycles. The SMILES string of the molecule is CC(C)C[C@@H](NC(=O)C1(c2ccccc2)CCC1)C(=O)O. The Morgan fingerprint density at radius 3 is 2.29 bits per heavy atom. The molecule has 1 atom stereocenters. The zero-order chi connectivity index (χ0) is 15.5. The van der Waals surface area contributed by atoms with Gasteiger partial charge in [-0.15, -0.1) is 0 Å². The minimum absolute atomic E-state index is 0.145. The number of carboxylic acids is 1. The van der Waals surface area contributed by atoms with Crippen LogP contribution in [0, 0.1) is 5.92 Å². The van der Waals surface area contributed by atoms with Gasteiger partial charge in [0.1, 0.15) is 6.04 Å². The molecule has 0 spiro atoms. The second kappa shape index (κ2) is 6.29. The van der Waals surface area contributed by atoms with Gasteiger partial charge >= 0.3 is 5.97 Å². The van der Waals surface area contributed by atoms with Gasteiger partial charge in [0.05, 0.1) is 5.41 Å². The maximum atomic E-state index is 12.7. The van der Waals surface area contributed by atoms with Crippen molar-refractivity contribution in [1.29, 1.82) is 0 Å². The molecular weight excluding hydrogens is 266 g/mol. The zero-order valence-electron chi connectivity index (χ0n) is 12.6. The summed E-state index contributed by atoms with van der Waals surface area (Å²) in [6, 6.07) is 8.87. The Kier molecular flexibility index (Phi) is 4.66. The Morgan fingerprint density at radius 2 is 1.86 bits per heavy atom. The first-order valence-corrected chi connectivity index (χ1v) is 7.55. The van der Waals surface area contributed by atoms with Crippen LogP contribution in [0.2, 0.25) is 0 Å². The van der Waals surface area contributed by atoms with Crippen LogP contribution in [-0.4, -0.2) is 23.0 Å². The quantitative estimate of drug-likeness (QED) is 0.846. The smallest absolute Gasteiger partial charge is 0.326 e. The van der Waals surface area contributed by atoms with Gasteiger partial charge in [-0.25, -0.2) is 4.79 Å². The van der Waals surface area contributed by atoms with Gasteiger partial charge in [-0.3, -0.25) is 4.79 Å². The van der Waals surface area contributed by atoms with Crippen LogP contribution in [0.25, 0.3) is 0 Å². The molecule has 1 aromatic carbocycles. The van der Waals surface area contributed by atoms with E-state index in [4.69, 9.17) is 0 Å². The van der Waals surface area contributed by atoms with Crippen LogP contribution in [0.15, 0.2) is 30.3 Å². The van der Waals surface area contributed by atoms with Crippen LogP contribution in [-0.2, 0) is 15.0 Å². The van der Waals surface area contributed by atoms with Crippen LogP contribution >= 0.6 is 0 Å². The van der Waals surface area contributed by atoms with Gasteiger partial charge in [0, 0.05) is 0 Å². The Labute approximate surface area is 125 Å². The molecule has 4 heteroatoms. The molecule has 0 heterocycles. The number of carbonyl (C=O) groups excluding carboxylic acids is 1. The highest BCUT2D eigenvalue weighted by atomic mass is 16.4. The molecule has 1 amide bonds. The lowest BCUT2D eigenvalue weighted by atomic mass is 9.63. The van der Waals surface area contributed by atoms with Crippen LogP contribution in [0.1, 0.15) is 45.1 Å². The normalized spacial score (nSPS) is 17.9. The number of hydrogen-bond donors (Lipinski definition) is 2. The lowest BCUT2D eigenvalue weighted by Gasteiger charge is -2.41. The highest BCUT2D eigenvalue weighted by molar-refractivity contribution is 5.92. The van der Waals surface area contributed by atoms with E-state index < -0.39 is 17.4 Å². The monoisotopic (exact) mass is 289 g/mol. The minimum atomic E-state index is -0.959. The third-order valence-electron chi connectivity index (χ3n) is 4.28. The van der Waals surface area contributed by atoms with E-state index in [0.29, 0.717) is 6.42 Å². The maximum Gasteiger partial charge on any atom is 0.326 e. The van der Waals surface area contributed by atoms with Gasteiger partial charge < -0.3 is 10.4 Å². The van der Waals surface area contributed by atoms with E-state index in [1.807, 2.05) is 44.2 Å². The van der Waals surface area contributed by atoms with Crippen molar-refractivity contribution in [3.05, 3.63) is 35.9 Å². The Balaban J connectivity index is 2.15. The van der Waals surface area contributed by atoms with Crippen molar-refractivity contribution >= 4 is 11.9 Å². The lowest BCUT2D eigenvalue weighted by Crippen LogP contribution is -2.54. The van der Waals surface area contributed by atoms with Crippen LogP contribution < -0.4 is 5.32 Å². The topological polar surface area (TPSA) is 66.4 Å². The Bertz CT molecular complexity index is 506. The number of amides is 1. The van der Waals surface area contributed by atoms with Crippen molar-refractivity contribution in [2.45, 2.75) is 51.0 Å². The van der Waals surface area contributed by atoms with Crippen LogP contribution in [0.3, 0.4) is 0 Å². The number of carboxylic acid groups (broad SMARTS) is 1. The summed E-state index contributed by atoms with van der Waals surface area (Å²) in [6.07, 6.45) is 3.03. The molecule has 1 aliphatic rings. The highest BCUT2D eigenvalue weighted by Crippen LogP contribution is 2.44. The van der Waals surface area contributed by atoms with Crippen molar-refractivity contribution in [1.82, 2.24) is 5.32 Å². The predicted molar refractivity (Wildman–Crippen MR) is 81.0 cm³/mol. The summed E-state index contributed by atoms with van der Waals surface area (Å²) in [5, 5.41) is 12.0. The number of aliphatic carboxylic acids is 1. The van der Waals surface area contributed by atoms with Crippen LogP contribution in [0.5, 0.6) is 0 Å². The first-order chi connectivity index (χ1) is 9.95. The summed E-state index contributed by atoms with van der Waals surface area (Å²) in [5.74, 6) is -0.881. The molecule has 0 radical (unpaired) electrons. The van der Waals surface area contributed by atoms with E-state index in [1.165, 1.54) is 0 Å². The first kappa shape index (κ1) is 15.5. The van der Waals surface area contributed by atoms with E-state index in [1.54, 1.807) is 0 Å². The minimum Gasteiger partial charge on any atom is -0.480 e. The molecule has 1 aliphatic carbocycles. The predicted octanol–water partition coefficient (Wildman–Crippen LogP) is 2.72. The molecule has 1 fully saturated rings. The van der Waals surface area contributed by atoms with Gasteiger partial charge in [-0.05, 0) is 30.7 Å². The average Bonchev–Trinajstić information content (AvgIpc) is 2.37. The van der Waals surface area contributed by atoms with E-state index in [2.05, 4.69) is 5.32 Å².